The molecular formula is C22H22N2O4. The molecule has 0 saturated carbocycles. The minimum absolute atomic E-state index is 0.275. The topological polar surface area (TPSA) is 60.9 Å². The summed E-state index contributed by atoms with van der Waals surface area (Å²) >= 11 is 0. The molecule has 0 atom stereocenters. The fraction of sp³-hybridized carbons (Fsp3) is 0.273. The smallest absolute Gasteiger partial charge is 0.362 e. The summed E-state index contributed by atoms with van der Waals surface area (Å²) in [6.45, 7) is 4.82. The van der Waals surface area contributed by atoms with Crippen molar-refractivity contribution in [3.63, 3.8) is 0 Å². The molecule has 0 aliphatic carbocycles. The number of morpholine rings is 1. The maximum atomic E-state index is 12.4. The maximum Gasteiger partial charge on any atom is 0.362 e. The molecule has 1 aliphatic rings. The minimum atomic E-state index is -0.490. The van der Waals surface area contributed by atoms with Crippen LogP contribution in [-0.2, 0) is 4.74 Å². The highest BCUT2D eigenvalue weighted by atomic mass is 16.5. The van der Waals surface area contributed by atoms with Crippen molar-refractivity contribution in [1.82, 2.24) is 9.88 Å². The largest absolute Gasteiger partial charge is 0.492 e. The summed E-state index contributed by atoms with van der Waals surface area (Å²) in [5.74, 6) is 0.616. The van der Waals surface area contributed by atoms with Gasteiger partial charge in [-0.05, 0) is 24.3 Å². The van der Waals surface area contributed by atoms with Crippen LogP contribution in [0.1, 0.15) is 10.5 Å². The van der Waals surface area contributed by atoms with Crippen molar-refractivity contribution in [2.75, 3.05) is 39.5 Å². The number of hydrogen-bond acceptors (Lipinski definition) is 6. The van der Waals surface area contributed by atoms with E-state index in [1.165, 1.54) is 0 Å². The molecule has 1 aromatic heterocycles. The lowest BCUT2D eigenvalue weighted by molar-refractivity contribution is 0.0322. The molecular weight excluding hydrogens is 356 g/mol. The lowest BCUT2D eigenvalue weighted by Crippen LogP contribution is -2.38. The van der Waals surface area contributed by atoms with Crippen molar-refractivity contribution < 1.29 is 19.0 Å². The molecule has 0 bridgehead atoms. The average molecular weight is 378 g/mol. The van der Waals surface area contributed by atoms with Crippen LogP contribution in [0.3, 0.4) is 0 Å². The van der Waals surface area contributed by atoms with Gasteiger partial charge in [-0.15, -0.1) is 0 Å². The van der Waals surface area contributed by atoms with Gasteiger partial charge in [-0.25, -0.2) is 9.78 Å². The van der Waals surface area contributed by atoms with Crippen LogP contribution in [0.4, 0.5) is 0 Å². The third-order valence-electron chi connectivity index (χ3n) is 4.60. The Kier molecular flexibility index (Phi) is 5.80. The molecule has 3 aromatic rings. The van der Waals surface area contributed by atoms with Crippen LogP contribution in [0.2, 0.25) is 0 Å². The van der Waals surface area contributed by atoms with Crippen molar-refractivity contribution in [2.45, 2.75) is 0 Å². The number of fused-ring (bicyclic) bond motifs is 1. The second-order valence-corrected chi connectivity index (χ2v) is 6.56. The molecule has 0 amide bonds. The quantitative estimate of drug-likeness (QED) is 0.485. The molecule has 144 valence electrons. The number of nitrogens with zero attached hydrogens (tertiary/aromatic N) is 2. The van der Waals surface area contributed by atoms with Gasteiger partial charge in [-0.1, -0.05) is 30.3 Å². The Morgan fingerprint density at radius 1 is 1.00 bits per heavy atom. The summed E-state index contributed by atoms with van der Waals surface area (Å²) in [5.41, 5.74) is 1.04. The Hall–Kier alpha value is -2.96. The zero-order valence-electron chi connectivity index (χ0n) is 15.5. The Bertz CT molecular complexity index is 954. The molecule has 2 heterocycles. The average Bonchev–Trinajstić information content (AvgIpc) is 2.74. The van der Waals surface area contributed by atoms with Crippen molar-refractivity contribution >= 4 is 16.9 Å². The second-order valence-electron chi connectivity index (χ2n) is 6.56. The number of para-hydroxylation sites is 1. The normalized spacial score (nSPS) is 14.7. The lowest BCUT2D eigenvalue weighted by atomic mass is 10.2. The molecule has 1 saturated heterocycles. The first-order valence-electron chi connectivity index (χ1n) is 9.39. The molecule has 0 unspecified atom stereocenters. The molecule has 0 spiro atoms. The van der Waals surface area contributed by atoms with Crippen LogP contribution in [0.15, 0.2) is 60.7 Å². The van der Waals surface area contributed by atoms with Crippen molar-refractivity contribution in [3.8, 4) is 11.5 Å². The van der Waals surface area contributed by atoms with E-state index < -0.39 is 5.97 Å². The van der Waals surface area contributed by atoms with E-state index in [2.05, 4.69) is 9.88 Å². The van der Waals surface area contributed by atoms with Gasteiger partial charge in [0.15, 0.2) is 0 Å². The first-order chi connectivity index (χ1) is 13.8. The van der Waals surface area contributed by atoms with Crippen molar-refractivity contribution in [3.05, 3.63) is 66.4 Å². The SMILES string of the molecule is O=C(Oc1cccc(OCCN2CCOCC2)c1)c1ccc2ccccc2n1. The van der Waals surface area contributed by atoms with Crippen molar-refractivity contribution in [1.29, 1.82) is 0 Å². The number of pyridine rings is 1. The summed E-state index contributed by atoms with van der Waals surface area (Å²) in [6.07, 6.45) is 0. The molecule has 4 rings (SSSR count). The molecule has 1 aliphatic heterocycles. The third kappa shape index (κ3) is 4.65. The highest BCUT2D eigenvalue weighted by Gasteiger charge is 2.12. The highest BCUT2D eigenvalue weighted by molar-refractivity contribution is 5.92. The van der Waals surface area contributed by atoms with E-state index in [1.54, 1.807) is 24.3 Å². The number of carbonyl (C=O) groups is 1. The second kappa shape index (κ2) is 8.82. The zero-order chi connectivity index (χ0) is 19.2. The molecule has 2 aromatic carbocycles. The van der Waals surface area contributed by atoms with E-state index in [0.717, 1.165) is 43.8 Å². The number of ether oxygens (including phenoxy) is 3. The van der Waals surface area contributed by atoms with E-state index in [-0.39, 0.29) is 5.69 Å². The Morgan fingerprint density at radius 3 is 2.71 bits per heavy atom. The van der Waals surface area contributed by atoms with Crippen LogP contribution in [-0.4, -0.2) is 55.3 Å². The van der Waals surface area contributed by atoms with Crippen LogP contribution in [0, 0.1) is 0 Å². The Balaban J connectivity index is 1.36. The predicted octanol–water partition coefficient (Wildman–Crippen LogP) is 3.17. The first kappa shape index (κ1) is 18.4. The van der Waals surface area contributed by atoms with Gasteiger partial charge in [0.05, 0.1) is 18.7 Å². The summed E-state index contributed by atoms with van der Waals surface area (Å²) < 4.78 is 16.6. The first-order valence-corrected chi connectivity index (χ1v) is 9.39. The number of aromatic nitrogens is 1. The van der Waals surface area contributed by atoms with E-state index in [0.29, 0.717) is 18.1 Å². The summed E-state index contributed by atoms with van der Waals surface area (Å²) in [7, 11) is 0. The van der Waals surface area contributed by atoms with E-state index in [4.69, 9.17) is 14.2 Å². The van der Waals surface area contributed by atoms with Crippen LogP contribution >= 0.6 is 0 Å². The number of esters is 1. The zero-order valence-corrected chi connectivity index (χ0v) is 15.5. The Labute approximate surface area is 163 Å². The van der Waals surface area contributed by atoms with E-state index >= 15 is 0 Å². The number of benzene rings is 2. The van der Waals surface area contributed by atoms with Gasteiger partial charge < -0.3 is 14.2 Å². The Morgan fingerprint density at radius 2 is 1.82 bits per heavy atom. The molecule has 1 fully saturated rings. The van der Waals surface area contributed by atoms with Gasteiger partial charge in [0.2, 0.25) is 0 Å². The monoisotopic (exact) mass is 378 g/mol. The number of rotatable bonds is 6. The van der Waals surface area contributed by atoms with Crippen LogP contribution in [0.5, 0.6) is 11.5 Å². The lowest BCUT2D eigenvalue weighted by Gasteiger charge is -2.26. The van der Waals surface area contributed by atoms with E-state index in [1.807, 2.05) is 36.4 Å². The van der Waals surface area contributed by atoms with Crippen LogP contribution in [0.25, 0.3) is 10.9 Å². The van der Waals surface area contributed by atoms with Gasteiger partial charge in [0.1, 0.15) is 23.8 Å². The third-order valence-corrected chi connectivity index (χ3v) is 4.60. The summed E-state index contributed by atoms with van der Waals surface area (Å²) in [5, 5.41) is 0.981. The minimum Gasteiger partial charge on any atom is -0.492 e. The van der Waals surface area contributed by atoms with Gasteiger partial charge in [0, 0.05) is 31.1 Å². The number of hydrogen-bond donors (Lipinski definition) is 0. The molecule has 6 heteroatoms. The summed E-state index contributed by atoms with van der Waals surface area (Å²) in [4.78, 5) is 19.1. The van der Waals surface area contributed by atoms with Crippen molar-refractivity contribution in [2.24, 2.45) is 0 Å². The standard InChI is InChI=1S/C22H22N2O4/c25-22(21-9-8-17-4-1-2-7-20(17)23-21)28-19-6-3-5-18(16-19)27-15-12-24-10-13-26-14-11-24/h1-9,16H,10-15H2. The van der Waals surface area contributed by atoms with Gasteiger partial charge in [-0.2, -0.15) is 0 Å². The fourth-order valence-electron chi connectivity index (χ4n) is 3.08. The predicted molar refractivity (Wildman–Crippen MR) is 106 cm³/mol. The summed E-state index contributed by atoms with van der Waals surface area (Å²) in [6, 6.07) is 18.3. The molecule has 0 radical (unpaired) electrons. The van der Waals surface area contributed by atoms with Gasteiger partial charge in [0.25, 0.3) is 0 Å². The highest BCUT2D eigenvalue weighted by Crippen LogP contribution is 2.21. The molecule has 6 nitrogen and oxygen atoms in total. The molecule has 0 N–H and O–H groups in total. The number of carbonyl (C=O) groups excluding carboxylic acids is 1. The van der Waals surface area contributed by atoms with E-state index in [9.17, 15) is 4.79 Å². The molecule has 28 heavy (non-hydrogen) atoms. The fourth-order valence-corrected chi connectivity index (χ4v) is 3.08. The maximum absolute atomic E-state index is 12.4. The van der Waals surface area contributed by atoms with Gasteiger partial charge in [-0.3, -0.25) is 4.90 Å². The van der Waals surface area contributed by atoms with Gasteiger partial charge >= 0.3 is 5.97 Å². The van der Waals surface area contributed by atoms with Crippen LogP contribution < -0.4 is 9.47 Å².